The maximum absolute atomic E-state index is 4.84. The first kappa shape index (κ1) is 25.1. The van der Waals surface area contributed by atoms with Gasteiger partial charge in [-0.2, -0.15) is 0 Å². The number of fused-ring (bicyclic) bond motifs is 10. The lowest BCUT2D eigenvalue weighted by Gasteiger charge is -2.25. The van der Waals surface area contributed by atoms with Gasteiger partial charge in [0.05, 0.1) is 0 Å². The summed E-state index contributed by atoms with van der Waals surface area (Å²) in [5.74, 6) is 1.62. The molecule has 1 aliphatic rings. The maximum atomic E-state index is 4.84. The van der Waals surface area contributed by atoms with E-state index >= 15 is 0 Å². The maximum Gasteiger partial charge on any atom is 0.144 e. The normalized spacial score (nSPS) is 13.7. The second-order valence-electron chi connectivity index (χ2n) is 12.8. The Morgan fingerprint density at radius 1 is 0.690 bits per heavy atom. The van der Waals surface area contributed by atoms with E-state index in [4.69, 9.17) is 4.98 Å². The summed E-state index contributed by atoms with van der Waals surface area (Å²) in [7, 11) is 0. The van der Waals surface area contributed by atoms with Gasteiger partial charge in [-0.25, -0.2) is 4.98 Å². The molecule has 0 amide bonds. The van der Waals surface area contributed by atoms with Gasteiger partial charge < -0.3 is 0 Å². The summed E-state index contributed by atoms with van der Waals surface area (Å²) in [4.78, 5) is 4.84. The zero-order chi connectivity index (χ0) is 28.6. The Labute approximate surface area is 247 Å². The summed E-state index contributed by atoms with van der Waals surface area (Å²) in [6, 6.07) is 38.4. The van der Waals surface area contributed by atoms with Crippen molar-refractivity contribution in [1.29, 1.82) is 0 Å². The minimum atomic E-state index is -0.165. The number of rotatable bonds is 4. The van der Waals surface area contributed by atoms with Crippen molar-refractivity contribution in [3.8, 4) is 28.2 Å². The molecule has 0 saturated heterocycles. The van der Waals surface area contributed by atoms with E-state index in [0.29, 0.717) is 5.92 Å². The second-order valence-corrected chi connectivity index (χ2v) is 12.8. The van der Waals surface area contributed by atoms with Gasteiger partial charge in [0.1, 0.15) is 5.82 Å². The Morgan fingerprint density at radius 3 is 2.00 bits per heavy atom. The summed E-state index contributed by atoms with van der Waals surface area (Å²) >= 11 is 0. The number of hydrogen-bond donors (Lipinski definition) is 0. The van der Waals surface area contributed by atoms with Gasteiger partial charge in [-0.1, -0.05) is 113 Å². The Morgan fingerprint density at radius 2 is 1.31 bits per heavy atom. The predicted octanol–water partition coefficient (Wildman–Crippen LogP) is 10.5. The lowest BCUT2D eigenvalue weighted by molar-refractivity contribution is 0.647. The molecule has 2 nitrogen and oxygen atoms in total. The summed E-state index contributed by atoms with van der Waals surface area (Å²) in [5, 5.41) is 8.01. The Kier molecular flexibility index (Phi) is 5.46. The van der Waals surface area contributed by atoms with E-state index in [9.17, 15) is 0 Å². The van der Waals surface area contributed by atoms with E-state index in [-0.39, 0.29) is 5.41 Å². The zero-order valence-corrected chi connectivity index (χ0v) is 24.6. The summed E-state index contributed by atoms with van der Waals surface area (Å²) < 4.78 is 2.21. The second kappa shape index (κ2) is 9.16. The summed E-state index contributed by atoms with van der Waals surface area (Å²) in [6.07, 6.45) is 5.08. The van der Waals surface area contributed by atoms with Crippen molar-refractivity contribution in [1.82, 2.24) is 9.55 Å². The molecule has 0 N–H and O–H groups in total. The molecule has 0 unspecified atom stereocenters. The fraction of sp³-hybridized carbons (Fsp3) is 0.175. The third kappa shape index (κ3) is 3.61. The molecule has 2 heteroatoms. The minimum Gasteiger partial charge on any atom is -0.300 e. The molecule has 0 saturated carbocycles. The lowest BCUT2D eigenvalue weighted by Crippen LogP contribution is -2.16. The van der Waals surface area contributed by atoms with Crippen LogP contribution in [0.3, 0.4) is 0 Å². The highest BCUT2D eigenvalue weighted by Gasteiger charge is 2.38. The molecule has 0 bridgehead atoms. The third-order valence-corrected chi connectivity index (χ3v) is 9.27. The molecule has 8 rings (SSSR count). The largest absolute Gasteiger partial charge is 0.300 e. The first-order valence-corrected chi connectivity index (χ1v) is 15.1. The number of nitrogens with zero attached hydrogens (tertiary/aromatic N) is 2. The van der Waals surface area contributed by atoms with Gasteiger partial charge in [0, 0.05) is 29.1 Å². The van der Waals surface area contributed by atoms with Gasteiger partial charge in [-0.3, -0.25) is 4.57 Å². The molecule has 0 aliphatic heterocycles. The lowest BCUT2D eigenvalue weighted by atomic mass is 9.78. The molecule has 0 radical (unpaired) electrons. The van der Waals surface area contributed by atoms with E-state index in [1.165, 1.54) is 60.1 Å². The van der Waals surface area contributed by atoms with Crippen molar-refractivity contribution in [2.24, 2.45) is 5.92 Å². The summed E-state index contributed by atoms with van der Waals surface area (Å²) in [5.41, 5.74) is 8.96. The molecule has 0 spiro atoms. The fourth-order valence-corrected chi connectivity index (χ4v) is 7.43. The van der Waals surface area contributed by atoms with Crippen LogP contribution in [0.2, 0.25) is 0 Å². The van der Waals surface area contributed by atoms with Crippen molar-refractivity contribution in [3.05, 3.63) is 132 Å². The Bertz CT molecular complexity index is 2120. The van der Waals surface area contributed by atoms with Crippen LogP contribution in [0.25, 0.3) is 60.5 Å². The molecule has 7 aromatic rings. The topological polar surface area (TPSA) is 17.8 Å². The van der Waals surface area contributed by atoms with E-state index in [0.717, 1.165) is 23.5 Å². The molecular weight excluding hydrogens is 508 g/mol. The van der Waals surface area contributed by atoms with Crippen molar-refractivity contribution in [2.75, 3.05) is 0 Å². The first-order valence-electron chi connectivity index (χ1n) is 15.1. The molecule has 0 fully saturated rings. The van der Waals surface area contributed by atoms with E-state index in [1.807, 2.05) is 6.20 Å². The molecule has 204 valence electrons. The molecule has 1 heterocycles. The first-order chi connectivity index (χ1) is 20.4. The van der Waals surface area contributed by atoms with Crippen LogP contribution in [0, 0.1) is 5.92 Å². The van der Waals surface area contributed by atoms with Gasteiger partial charge >= 0.3 is 0 Å². The molecule has 42 heavy (non-hydrogen) atoms. The van der Waals surface area contributed by atoms with E-state index in [1.54, 1.807) is 0 Å². The monoisotopic (exact) mass is 542 g/mol. The van der Waals surface area contributed by atoms with Crippen LogP contribution in [0.1, 0.15) is 44.4 Å². The smallest absolute Gasteiger partial charge is 0.144 e. The van der Waals surface area contributed by atoms with Crippen LogP contribution in [0.5, 0.6) is 0 Å². The van der Waals surface area contributed by atoms with Gasteiger partial charge in [0.2, 0.25) is 0 Å². The fourth-order valence-electron chi connectivity index (χ4n) is 7.43. The van der Waals surface area contributed by atoms with Gasteiger partial charge in [0.25, 0.3) is 0 Å². The van der Waals surface area contributed by atoms with Crippen LogP contribution in [0.4, 0.5) is 0 Å². The van der Waals surface area contributed by atoms with Crippen molar-refractivity contribution < 1.29 is 0 Å². The highest BCUT2D eigenvalue weighted by Crippen LogP contribution is 2.54. The molecular formula is C40H34N2. The number of imidazole rings is 1. The highest BCUT2D eigenvalue weighted by molar-refractivity contribution is 6.27. The number of aromatic nitrogens is 2. The molecule has 1 aliphatic carbocycles. The number of hydrogen-bond acceptors (Lipinski definition) is 1. The van der Waals surface area contributed by atoms with Crippen LogP contribution in [0.15, 0.2) is 116 Å². The van der Waals surface area contributed by atoms with Crippen molar-refractivity contribution in [3.63, 3.8) is 0 Å². The van der Waals surface area contributed by atoms with Gasteiger partial charge in [0.15, 0.2) is 0 Å². The highest BCUT2D eigenvalue weighted by atomic mass is 15.1. The average Bonchev–Trinajstić information content (AvgIpc) is 3.58. The van der Waals surface area contributed by atoms with Crippen LogP contribution < -0.4 is 0 Å². The van der Waals surface area contributed by atoms with Crippen LogP contribution in [-0.2, 0) is 11.8 Å². The number of benzene rings is 6. The molecule has 1 aromatic heterocycles. The average molecular weight is 543 g/mol. The molecule has 0 atom stereocenters. The van der Waals surface area contributed by atoms with E-state index < -0.39 is 0 Å². The third-order valence-electron chi connectivity index (χ3n) is 9.27. The minimum absolute atomic E-state index is 0.165. The van der Waals surface area contributed by atoms with Gasteiger partial charge in [-0.15, -0.1) is 0 Å². The SMILES string of the molecule is CC(C)Cc1ccc(-n2ccnc2-c2ccc3c(c2)C(C)(C)c2c-3ccc3c4ccccc4c4ccccc4c23)cc1. The van der Waals surface area contributed by atoms with E-state index in [2.05, 4.69) is 142 Å². The van der Waals surface area contributed by atoms with Crippen LogP contribution in [-0.4, -0.2) is 9.55 Å². The van der Waals surface area contributed by atoms with Crippen molar-refractivity contribution in [2.45, 2.75) is 39.5 Å². The Hall–Kier alpha value is -4.69. The predicted molar refractivity (Wildman–Crippen MR) is 178 cm³/mol. The van der Waals surface area contributed by atoms with Crippen molar-refractivity contribution >= 4 is 32.3 Å². The quantitative estimate of drug-likeness (QED) is 0.202. The van der Waals surface area contributed by atoms with Gasteiger partial charge in [-0.05, 0) is 90.7 Å². The van der Waals surface area contributed by atoms with Crippen LogP contribution >= 0.6 is 0 Å². The standard InChI is InChI=1S/C40H34N2/c1-25(2)23-26-13-16-28(17-14-26)42-22-21-41-39(42)27-15-18-32-35-20-19-34-31-11-6-5-9-29(31)30-10-7-8-12-33(30)37(34)38(35)40(3,4)36(32)24-27/h5-22,24-25H,23H2,1-4H3. The zero-order valence-electron chi connectivity index (χ0n) is 24.6. The molecule has 6 aromatic carbocycles. The summed E-state index contributed by atoms with van der Waals surface area (Å²) in [6.45, 7) is 9.32. The Balaban J connectivity index is 1.30.